The Morgan fingerprint density at radius 1 is 1.25 bits per heavy atom. The molecule has 0 N–H and O–H groups in total. The molecule has 0 bridgehead atoms. The first-order chi connectivity index (χ1) is 7.66. The van der Waals surface area contributed by atoms with Gasteiger partial charge in [-0.1, -0.05) is 11.6 Å². The Hall–Kier alpha value is -1.35. The summed E-state index contributed by atoms with van der Waals surface area (Å²) in [4.78, 5) is 22.8. The van der Waals surface area contributed by atoms with E-state index >= 15 is 0 Å². The average molecular weight is 239 g/mol. The topological polar surface area (TPSA) is 43.4 Å². The Labute approximate surface area is 98.4 Å². The maximum absolute atomic E-state index is 11.6. The summed E-state index contributed by atoms with van der Waals surface area (Å²) in [5.74, 6) is -0.439. The van der Waals surface area contributed by atoms with Gasteiger partial charge in [0.1, 0.15) is 0 Å². The number of hydrogen-bond acceptors (Lipinski definition) is 3. The summed E-state index contributed by atoms with van der Waals surface area (Å²) in [5, 5.41) is 0.575. The summed E-state index contributed by atoms with van der Waals surface area (Å²) < 4.78 is 4.89. The molecule has 0 amide bonds. The largest absolute Gasteiger partial charge is 0.457 e. The van der Waals surface area contributed by atoms with Crippen molar-refractivity contribution >= 4 is 23.4 Å². The molecule has 1 aromatic rings. The van der Waals surface area contributed by atoms with Gasteiger partial charge in [0.2, 0.25) is 0 Å². The Balaban J connectivity index is 1.87. The first-order valence-corrected chi connectivity index (χ1v) is 5.50. The highest BCUT2D eigenvalue weighted by Crippen LogP contribution is 2.30. The van der Waals surface area contributed by atoms with Gasteiger partial charge in [0.25, 0.3) is 0 Å². The maximum atomic E-state index is 11.6. The Bertz CT molecular complexity index is 407. The van der Waals surface area contributed by atoms with E-state index in [4.69, 9.17) is 16.3 Å². The van der Waals surface area contributed by atoms with E-state index in [9.17, 15) is 9.59 Å². The molecule has 4 heteroatoms. The second kappa shape index (κ2) is 4.66. The second-order valence-corrected chi connectivity index (χ2v) is 4.25. The highest BCUT2D eigenvalue weighted by Gasteiger charge is 2.31. The quantitative estimate of drug-likeness (QED) is 0.598. The van der Waals surface area contributed by atoms with Crippen LogP contribution in [0.25, 0.3) is 0 Å². The molecule has 0 aromatic heterocycles. The van der Waals surface area contributed by atoms with Gasteiger partial charge in [0.15, 0.2) is 12.4 Å². The van der Waals surface area contributed by atoms with E-state index < -0.39 is 0 Å². The van der Waals surface area contributed by atoms with E-state index in [1.807, 2.05) is 0 Å². The van der Waals surface area contributed by atoms with E-state index in [0.717, 1.165) is 12.8 Å². The summed E-state index contributed by atoms with van der Waals surface area (Å²) >= 11 is 5.70. The average Bonchev–Trinajstić information content (AvgIpc) is 3.10. The lowest BCUT2D eigenvalue weighted by Crippen LogP contribution is -2.15. The first-order valence-electron chi connectivity index (χ1n) is 5.12. The highest BCUT2D eigenvalue weighted by molar-refractivity contribution is 6.30. The number of ketones is 1. The number of Topliss-reactive ketones (excluding diaryl/α,β-unsaturated/α-hetero) is 1. The monoisotopic (exact) mass is 238 g/mol. The molecule has 84 valence electrons. The van der Waals surface area contributed by atoms with Gasteiger partial charge in [-0.3, -0.25) is 9.59 Å². The molecule has 1 aromatic carbocycles. The van der Waals surface area contributed by atoms with Crippen LogP contribution in [-0.2, 0) is 9.53 Å². The first kappa shape index (κ1) is 11.1. The molecule has 0 aliphatic heterocycles. The van der Waals surface area contributed by atoms with Gasteiger partial charge in [-0.05, 0) is 37.1 Å². The zero-order valence-corrected chi connectivity index (χ0v) is 9.37. The summed E-state index contributed by atoms with van der Waals surface area (Å²) in [5.41, 5.74) is 0.507. The Morgan fingerprint density at radius 2 is 1.88 bits per heavy atom. The molecular weight excluding hydrogens is 228 g/mol. The fourth-order valence-electron chi connectivity index (χ4n) is 1.29. The second-order valence-electron chi connectivity index (χ2n) is 3.81. The van der Waals surface area contributed by atoms with Crippen LogP contribution in [-0.4, -0.2) is 18.4 Å². The number of carbonyl (C=O) groups excluding carboxylic acids is 2. The van der Waals surface area contributed by atoms with Crippen molar-refractivity contribution in [1.82, 2.24) is 0 Å². The molecule has 0 spiro atoms. The minimum Gasteiger partial charge on any atom is -0.457 e. The normalized spacial score (nSPS) is 14.6. The molecule has 1 fully saturated rings. The van der Waals surface area contributed by atoms with E-state index in [-0.39, 0.29) is 24.3 Å². The van der Waals surface area contributed by atoms with E-state index in [1.54, 1.807) is 24.3 Å². The van der Waals surface area contributed by atoms with Gasteiger partial charge in [-0.15, -0.1) is 0 Å². The fraction of sp³-hybridized carbons (Fsp3) is 0.333. The van der Waals surface area contributed by atoms with Crippen molar-refractivity contribution in [2.24, 2.45) is 5.92 Å². The van der Waals surface area contributed by atoms with Crippen molar-refractivity contribution in [3.05, 3.63) is 34.9 Å². The molecule has 0 atom stereocenters. The number of halogens is 1. The highest BCUT2D eigenvalue weighted by atomic mass is 35.5. The third-order valence-corrected chi connectivity index (χ3v) is 2.67. The lowest BCUT2D eigenvalue weighted by Gasteiger charge is -2.03. The van der Waals surface area contributed by atoms with Crippen LogP contribution in [0.5, 0.6) is 0 Å². The SMILES string of the molecule is O=C(COC(=O)C1CC1)c1ccc(Cl)cc1. The predicted octanol–water partition coefficient (Wildman–Crippen LogP) is 2.48. The number of rotatable bonds is 4. The summed E-state index contributed by atoms with van der Waals surface area (Å²) in [7, 11) is 0. The predicted molar refractivity (Wildman–Crippen MR) is 59.5 cm³/mol. The Morgan fingerprint density at radius 3 is 2.44 bits per heavy atom. The molecule has 0 radical (unpaired) electrons. The van der Waals surface area contributed by atoms with Crippen molar-refractivity contribution < 1.29 is 14.3 Å². The summed E-state index contributed by atoms with van der Waals surface area (Å²) in [6.07, 6.45) is 1.77. The Kier molecular flexibility index (Phi) is 3.25. The molecular formula is C12H11ClO3. The maximum Gasteiger partial charge on any atom is 0.309 e. The van der Waals surface area contributed by atoms with E-state index in [0.29, 0.717) is 10.6 Å². The zero-order valence-electron chi connectivity index (χ0n) is 8.61. The molecule has 16 heavy (non-hydrogen) atoms. The molecule has 3 nitrogen and oxygen atoms in total. The standard InChI is InChI=1S/C12H11ClO3/c13-10-5-3-8(4-6-10)11(14)7-16-12(15)9-1-2-9/h3-6,9H,1-2,7H2. The molecule has 1 aliphatic carbocycles. The molecule has 0 heterocycles. The zero-order chi connectivity index (χ0) is 11.5. The van der Waals surface area contributed by atoms with Crippen molar-refractivity contribution in [1.29, 1.82) is 0 Å². The molecule has 1 saturated carbocycles. The minimum atomic E-state index is -0.262. The van der Waals surface area contributed by atoms with E-state index in [1.165, 1.54) is 0 Å². The van der Waals surface area contributed by atoms with Gasteiger partial charge in [0, 0.05) is 10.6 Å². The van der Waals surface area contributed by atoms with Crippen LogP contribution in [0.3, 0.4) is 0 Å². The van der Waals surface area contributed by atoms with Crippen LogP contribution < -0.4 is 0 Å². The van der Waals surface area contributed by atoms with Gasteiger partial charge < -0.3 is 4.74 Å². The third kappa shape index (κ3) is 2.83. The van der Waals surface area contributed by atoms with Crippen LogP contribution >= 0.6 is 11.6 Å². The van der Waals surface area contributed by atoms with Crippen LogP contribution in [0.1, 0.15) is 23.2 Å². The van der Waals surface area contributed by atoms with Gasteiger partial charge in [0.05, 0.1) is 5.92 Å². The molecule has 2 rings (SSSR count). The minimum absolute atomic E-state index is 0.0259. The van der Waals surface area contributed by atoms with E-state index in [2.05, 4.69) is 0 Å². The lowest BCUT2D eigenvalue weighted by atomic mass is 10.1. The fourth-order valence-corrected chi connectivity index (χ4v) is 1.42. The molecule has 1 aliphatic rings. The van der Waals surface area contributed by atoms with Crippen LogP contribution in [0.4, 0.5) is 0 Å². The summed E-state index contributed by atoms with van der Waals surface area (Å²) in [6, 6.07) is 6.51. The number of carbonyl (C=O) groups is 2. The number of hydrogen-bond donors (Lipinski definition) is 0. The number of benzene rings is 1. The smallest absolute Gasteiger partial charge is 0.309 e. The van der Waals surface area contributed by atoms with Crippen LogP contribution in [0.2, 0.25) is 5.02 Å². The van der Waals surface area contributed by atoms with Gasteiger partial charge in [-0.25, -0.2) is 0 Å². The van der Waals surface area contributed by atoms with Gasteiger partial charge in [-0.2, -0.15) is 0 Å². The van der Waals surface area contributed by atoms with Crippen molar-refractivity contribution in [2.45, 2.75) is 12.8 Å². The number of ether oxygens (including phenoxy) is 1. The van der Waals surface area contributed by atoms with Crippen molar-refractivity contribution in [2.75, 3.05) is 6.61 Å². The molecule has 0 unspecified atom stereocenters. The number of esters is 1. The van der Waals surface area contributed by atoms with Crippen LogP contribution in [0, 0.1) is 5.92 Å². The van der Waals surface area contributed by atoms with Crippen LogP contribution in [0.15, 0.2) is 24.3 Å². The third-order valence-electron chi connectivity index (χ3n) is 2.42. The van der Waals surface area contributed by atoms with Gasteiger partial charge >= 0.3 is 5.97 Å². The lowest BCUT2D eigenvalue weighted by molar-refractivity contribution is -0.144. The summed E-state index contributed by atoms with van der Waals surface area (Å²) in [6.45, 7) is -0.184. The molecule has 0 saturated heterocycles. The van der Waals surface area contributed by atoms with Crippen molar-refractivity contribution in [3.8, 4) is 0 Å². The van der Waals surface area contributed by atoms with Crippen molar-refractivity contribution in [3.63, 3.8) is 0 Å².